The topological polar surface area (TPSA) is 74.6 Å². The van der Waals surface area contributed by atoms with Gasteiger partial charge in [0, 0.05) is 18.8 Å². The molecule has 0 aliphatic rings. The number of para-hydroxylation sites is 1. The number of rotatable bonds is 10. The summed E-state index contributed by atoms with van der Waals surface area (Å²) in [4.78, 5) is 26.4. The average molecular weight is 353 g/mol. The minimum absolute atomic E-state index is 0.0736. The molecule has 1 aromatic carbocycles. The second-order valence-electron chi connectivity index (χ2n) is 5.54. The van der Waals surface area contributed by atoms with Gasteiger partial charge >= 0.3 is 0 Å². The molecule has 0 saturated carbocycles. The Morgan fingerprint density at radius 1 is 1.08 bits per heavy atom. The van der Waals surface area contributed by atoms with E-state index in [1.54, 1.807) is 59.7 Å². The van der Waals surface area contributed by atoms with Gasteiger partial charge in [-0.25, -0.2) is 0 Å². The van der Waals surface area contributed by atoms with Crippen molar-refractivity contribution < 1.29 is 14.0 Å². The summed E-state index contributed by atoms with van der Waals surface area (Å²) in [5.74, 6) is 0.324. The Bertz CT molecular complexity index is 743. The van der Waals surface area contributed by atoms with E-state index in [1.807, 2.05) is 0 Å². The number of nitrogens with zero attached hydrogens (tertiary/aromatic N) is 1. The van der Waals surface area contributed by atoms with Gasteiger partial charge in [0.1, 0.15) is 5.76 Å². The summed E-state index contributed by atoms with van der Waals surface area (Å²) in [6, 6.07) is 10.6. The lowest BCUT2D eigenvalue weighted by Crippen LogP contribution is -2.36. The van der Waals surface area contributed by atoms with Gasteiger partial charge in [-0.15, -0.1) is 13.2 Å². The normalized spacial score (nSPS) is 10.0. The largest absolute Gasteiger partial charge is 0.467 e. The monoisotopic (exact) mass is 353 g/mol. The lowest BCUT2D eigenvalue weighted by atomic mass is 10.1. The molecule has 2 N–H and O–H groups in total. The number of hydrogen-bond acceptors (Lipinski definition) is 4. The zero-order valence-electron chi connectivity index (χ0n) is 14.6. The Balaban J connectivity index is 1.99. The van der Waals surface area contributed by atoms with Crippen molar-refractivity contribution in [1.82, 2.24) is 10.2 Å². The van der Waals surface area contributed by atoms with Crippen molar-refractivity contribution >= 4 is 17.5 Å². The Kier molecular flexibility index (Phi) is 7.24. The van der Waals surface area contributed by atoms with Gasteiger partial charge in [-0.3, -0.25) is 9.59 Å². The van der Waals surface area contributed by atoms with Crippen molar-refractivity contribution in [3.63, 3.8) is 0 Å². The zero-order valence-corrected chi connectivity index (χ0v) is 14.6. The molecule has 1 aromatic heterocycles. The predicted molar refractivity (Wildman–Crippen MR) is 102 cm³/mol. The van der Waals surface area contributed by atoms with E-state index >= 15 is 0 Å². The van der Waals surface area contributed by atoms with Crippen molar-refractivity contribution in [3.05, 3.63) is 79.3 Å². The molecule has 0 atom stereocenters. The molecule has 0 saturated heterocycles. The van der Waals surface area contributed by atoms with Crippen molar-refractivity contribution in [2.24, 2.45) is 0 Å². The van der Waals surface area contributed by atoms with E-state index in [2.05, 4.69) is 23.8 Å². The van der Waals surface area contributed by atoms with Gasteiger partial charge < -0.3 is 20.0 Å². The molecule has 2 rings (SSSR count). The molecule has 6 nitrogen and oxygen atoms in total. The van der Waals surface area contributed by atoms with Gasteiger partial charge in [0.25, 0.3) is 5.91 Å². The Hall–Kier alpha value is -3.28. The highest BCUT2D eigenvalue weighted by molar-refractivity contribution is 6.00. The highest BCUT2D eigenvalue weighted by atomic mass is 16.3. The number of benzene rings is 1. The number of carbonyl (C=O) groups is 2. The van der Waals surface area contributed by atoms with E-state index in [1.165, 1.54) is 0 Å². The molecule has 0 aliphatic carbocycles. The molecule has 6 heteroatoms. The molecule has 0 unspecified atom stereocenters. The molecule has 0 aliphatic heterocycles. The second-order valence-corrected chi connectivity index (χ2v) is 5.54. The fraction of sp³-hybridized carbons (Fsp3) is 0.200. The first-order valence-electron chi connectivity index (χ1n) is 8.28. The Morgan fingerprint density at radius 2 is 1.81 bits per heavy atom. The maximum Gasteiger partial charge on any atom is 0.253 e. The molecule has 0 radical (unpaired) electrons. The molecule has 0 bridgehead atoms. The predicted octanol–water partition coefficient (Wildman–Crippen LogP) is 2.82. The minimum atomic E-state index is -0.244. The number of anilines is 1. The van der Waals surface area contributed by atoms with E-state index in [-0.39, 0.29) is 18.4 Å². The van der Waals surface area contributed by atoms with Crippen molar-refractivity contribution in [2.75, 3.05) is 25.0 Å². The molecule has 136 valence electrons. The highest BCUT2D eigenvalue weighted by Gasteiger charge is 2.14. The van der Waals surface area contributed by atoms with E-state index in [0.29, 0.717) is 36.6 Å². The van der Waals surface area contributed by atoms with Gasteiger partial charge in [-0.2, -0.15) is 0 Å². The molecular formula is C20H23N3O3. The van der Waals surface area contributed by atoms with Gasteiger partial charge in [-0.1, -0.05) is 24.3 Å². The third-order valence-corrected chi connectivity index (χ3v) is 3.66. The lowest BCUT2D eigenvalue weighted by Gasteiger charge is -2.20. The van der Waals surface area contributed by atoms with Gasteiger partial charge in [0.2, 0.25) is 5.91 Å². The van der Waals surface area contributed by atoms with Gasteiger partial charge in [0.05, 0.1) is 24.9 Å². The van der Waals surface area contributed by atoms with Crippen molar-refractivity contribution in [3.8, 4) is 0 Å². The van der Waals surface area contributed by atoms with Crippen LogP contribution < -0.4 is 10.6 Å². The standard InChI is InChI=1S/C20H23N3O3/c1-3-11-23(12-4-2)19(24)15-21-18-10-6-5-9-17(18)20(25)22-14-16-8-7-13-26-16/h3-10,13,21H,1-2,11-12,14-15H2,(H,22,25). The van der Waals surface area contributed by atoms with Crippen LogP contribution in [-0.4, -0.2) is 36.3 Å². The Labute approximate surface area is 153 Å². The number of hydrogen-bond donors (Lipinski definition) is 2. The Morgan fingerprint density at radius 3 is 2.46 bits per heavy atom. The van der Waals surface area contributed by atoms with Crippen LogP contribution in [0.3, 0.4) is 0 Å². The zero-order chi connectivity index (χ0) is 18.8. The van der Waals surface area contributed by atoms with E-state index in [0.717, 1.165) is 0 Å². The first-order chi connectivity index (χ1) is 12.7. The number of carbonyl (C=O) groups excluding carboxylic acids is 2. The molecule has 0 spiro atoms. The molecule has 0 fully saturated rings. The molecule has 26 heavy (non-hydrogen) atoms. The highest BCUT2D eigenvalue weighted by Crippen LogP contribution is 2.15. The SMILES string of the molecule is C=CCN(CC=C)C(=O)CNc1ccccc1C(=O)NCc1ccco1. The summed E-state index contributed by atoms with van der Waals surface area (Å²) in [6.45, 7) is 8.56. The summed E-state index contributed by atoms with van der Waals surface area (Å²) >= 11 is 0. The third-order valence-electron chi connectivity index (χ3n) is 3.66. The van der Waals surface area contributed by atoms with E-state index < -0.39 is 0 Å². The summed E-state index contributed by atoms with van der Waals surface area (Å²) in [5.41, 5.74) is 1.06. The fourth-order valence-corrected chi connectivity index (χ4v) is 2.38. The van der Waals surface area contributed by atoms with Crippen molar-refractivity contribution in [1.29, 1.82) is 0 Å². The van der Waals surface area contributed by atoms with Crippen LogP contribution in [0.1, 0.15) is 16.1 Å². The fourth-order valence-electron chi connectivity index (χ4n) is 2.38. The van der Waals surface area contributed by atoms with Crippen LogP contribution in [0.25, 0.3) is 0 Å². The summed E-state index contributed by atoms with van der Waals surface area (Å²) < 4.78 is 5.20. The van der Waals surface area contributed by atoms with Crippen LogP contribution in [-0.2, 0) is 11.3 Å². The lowest BCUT2D eigenvalue weighted by molar-refractivity contribution is -0.128. The number of amides is 2. The summed E-state index contributed by atoms with van der Waals surface area (Å²) in [7, 11) is 0. The molecule has 2 aromatic rings. The second kappa shape index (κ2) is 9.88. The maximum atomic E-state index is 12.4. The average Bonchev–Trinajstić information content (AvgIpc) is 3.18. The smallest absolute Gasteiger partial charge is 0.253 e. The van der Waals surface area contributed by atoms with Crippen LogP contribution in [0, 0.1) is 0 Å². The minimum Gasteiger partial charge on any atom is -0.467 e. The molecule has 1 heterocycles. The van der Waals surface area contributed by atoms with Gasteiger partial charge in [0.15, 0.2) is 0 Å². The van der Waals surface area contributed by atoms with Crippen LogP contribution in [0.15, 0.2) is 72.4 Å². The van der Waals surface area contributed by atoms with Crippen LogP contribution in [0.5, 0.6) is 0 Å². The summed E-state index contributed by atoms with van der Waals surface area (Å²) in [5, 5.41) is 5.84. The summed E-state index contributed by atoms with van der Waals surface area (Å²) in [6.07, 6.45) is 4.88. The van der Waals surface area contributed by atoms with Crippen molar-refractivity contribution in [2.45, 2.75) is 6.54 Å². The molecule has 2 amide bonds. The quantitative estimate of drug-likeness (QED) is 0.644. The number of nitrogens with one attached hydrogen (secondary N) is 2. The van der Waals surface area contributed by atoms with Crippen LogP contribution >= 0.6 is 0 Å². The van der Waals surface area contributed by atoms with Crippen LogP contribution in [0.2, 0.25) is 0 Å². The first kappa shape index (κ1) is 19.1. The first-order valence-corrected chi connectivity index (χ1v) is 8.28. The van der Waals surface area contributed by atoms with E-state index in [4.69, 9.17) is 4.42 Å². The number of furan rings is 1. The van der Waals surface area contributed by atoms with Crippen LogP contribution in [0.4, 0.5) is 5.69 Å². The van der Waals surface area contributed by atoms with E-state index in [9.17, 15) is 9.59 Å². The van der Waals surface area contributed by atoms with Gasteiger partial charge in [-0.05, 0) is 24.3 Å². The molecular weight excluding hydrogens is 330 g/mol. The third kappa shape index (κ3) is 5.37. The maximum absolute atomic E-state index is 12.4.